The van der Waals surface area contributed by atoms with E-state index in [0.29, 0.717) is 15.9 Å². The van der Waals surface area contributed by atoms with Crippen LogP contribution in [0.3, 0.4) is 0 Å². The predicted molar refractivity (Wildman–Crippen MR) is 82.4 cm³/mol. The molecule has 0 spiro atoms. The van der Waals surface area contributed by atoms with Crippen molar-refractivity contribution in [1.82, 2.24) is 14.5 Å². The Morgan fingerprint density at radius 1 is 1.10 bits per heavy atom. The van der Waals surface area contributed by atoms with Gasteiger partial charge in [-0.05, 0) is 24.6 Å². The molecule has 1 aromatic rings. The Kier molecular flexibility index (Phi) is 3.64. The average Bonchev–Trinajstić information content (AvgIpc) is 2.85. The molecular formula is C15H13Cl2N3. The van der Waals surface area contributed by atoms with Crippen LogP contribution in [0.5, 0.6) is 0 Å². The van der Waals surface area contributed by atoms with Crippen molar-refractivity contribution >= 4 is 23.2 Å². The summed E-state index contributed by atoms with van der Waals surface area (Å²) >= 11 is 12.3. The summed E-state index contributed by atoms with van der Waals surface area (Å²) in [5.74, 6) is 0.613. The fourth-order valence-corrected chi connectivity index (χ4v) is 2.53. The summed E-state index contributed by atoms with van der Waals surface area (Å²) in [6.07, 6.45) is 5.11. The van der Waals surface area contributed by atoms with E-state index in [4.69, 9.17) is 23.2 Å². The van der Waals surface area contributed by atoms with Crippen LogP contribution in [0.2, 0.25) is 10.0 Å². The molecule has 0 fully saturated rings. The first-order chi connectivity index (χ1) is 9.69. The highest BCUT2D eigenvalue weighted by atomic mass is 35.5. The first-order valence-electron chi connectivity index (χ1n) is 6.47. The molecule has 0 atom stereocenters. The van der Waals surface area contributed by atoms with Gasteiger partial charge >= 0.3 is 0 Å². The van der Waals surface area contributed by atoms with Crippen molar-refractivity contribution in [3.8, 4) is 22.8 Å². The molecule has 0 aromatic heterocycles. The lowest BCUT2D eigenvalue weighted by Crippen LogP contribution is -1.97. The van der Waals surface area contributed by atoms with E-state index in [1.807, 2.05) is 30.6 Å². The van der Waals surface area contributed by atoms with E-state index < -0.39 is 0 Å². The molecule has 2 aliphatic heterocycles. The van der Waals surface area contributed by atoms with Gasteiger partial charge in [0.15, 0.2) is 5.82 Å². The van der Waals surface area contributed by atoms with Gasteiger partial charge in [0.1, 0.15) is 5.69 Å². The summed E-state index contributed by atoms with van der Waals surface area (Å²) < 4.78 is 2.11. The molecule has 0 radical (unpaired) electrons. The highest BCUT2D eigenvalue weighted by Gasteiger charge is 2.15. The van der Waals surface area contributed by atoms with Crippen LogP contribution in [0.1, 0.15) is 13.3 Å². The lowest BCUT2D eigenvalue weighted by Gasteiger charge is -2.04. The number of hydrogen-bond donors (Lipinski definition) is 0. The standard InChI is InChI=1S/C15H13Cl2N3/c1-2-7-20-8-6-12-13(9-20)19-15(18-12)10-4-3-5-11(16)14(10)17/h3-6,8-9H,2,7H2,1H3. The van der Waals surface area contributed by atoms with Crippen molar-refractivity contribution in [3.05, 3.63) is 46.7 Å². The normalized spacial score (nSPS) is 11.2. The van der Waals surface area contributed by atoms with E-state index in [1.54, 1.807) is 6.07 Å². The van der Waals surface area contributed by atoms with Gasteiger partial charge in [0.25, 0.3) is 0 Å². The van der Waals surface area contributed by atoms with Gasteiger partial charge in [-0.1, -0.05) is 36.2 Å². The van der Waals surface area contributed by atoms with Gasteiger partial charge in [-0.25, -0.2) is 9.97 Å². The molecule has 1 aromatic carbocycles. The van der Waals surface area contributed by atoms with Crippen molar-refractivity contribution in [2.45, 2.75) is 19.9 Å². The van der Waals surface area contributed by atoms with Crippen molar-refractivity contribution in [2.75, 3.05) is 0 Å². The van der Waals surface area contributed by atoms with Crippen molar-refractivity contribution in [2.24, 2.45) is 0 Å². The number of pyridine rings is 1. The summed E-state index contributed by atoms with van der Waals surface area (Å²) in [6.45, 7) is 3.11. The zero-order valence-corrected chi connectivity index (χ0v) is 12.5. The number of aromatic nitrogens is 3. The van der Waals surface area contributed by atoms with E-state index in [2.05, 4.69) is 21.5 Å². The number of aryl methyl sites for hydroxylation is 1. The topological polar surface area (TPSA) is 30.7 Å². The maximum absolute atomic E-state index is 6.22. The van der Waals surface area contributed by atoms with Crippen molar-refractivity contribution in [1.29, 1.82) is 0 Å². The van der Waals surface area contributed by atoms with Crippen molar-refractivity contribution in [3.63, 3.8) is 0 Å². The van der Waals surface area contributed by atoms with Crippen LogP contribution in [-0.4, -0.2) is 14.5 Å². The fourth-order valence-electron chi connectivity index (χ4n) is 2.15. The molecule has 3 nitrogen and oxygen atoms in total. The number of hydrogen-bond acceptors (Lipinski definition) is 2. The molecule has 0 saturated carbocycles. The molecule has 0 saturated heterocycles. The molecule has 20 heavy (non-hydrogen) atoms. The largest absolute Gasteiger partial charge is 0.352 e. The van der Waals surface area contributed by atoms with Gasteiger partial charge in [0.05, 0.1) is 15.7 Å². The van der Waals surface area contributed by atoms with Crippen LogP contribution in [0, 0.1) is 0 Å². The number of halogens is 2. The molecule has 3 rings (SSSR count). The zero-order valence-electron chi connectivity index (χ0n) is 11.0. The van der Waals surface area contributed by atoms with Gasteiger partial charge in [-0.2, -0.15) is 0 Å². The Hall–Kier alpha value is -1.58. The third-order valence-corrected chi connectivity index (χ3v) is 3.92. The van der Waals surface area contributed by atoms with Crippen LogP contribution in [0.4, 0.5) is 0 Å². The number of nitrogens with zero attached hydrogens (tertiary/aromatic N) is 3. The van der Waals surface area contributed by atoms with Crippen LogP contribution in [-0.2, 0) is 6.54 Å². The summed E-state index contributed by atoms with van der Waals surface area (Å²) in [5, 5.41) is 1.00. The minimum atomic E-state index is 0.492. The van der Waals surface area contributed by atoms with E-state index >= 15 is 0 Å². The Labute approximate surface area is 127 Å². The third-order valence-electron chi connectivity index (χ3n) is 3.10. The molecule has 0 bridgehead atoms. The van der Waals surface area contributed by atoms with Gasteiger partial charge in [-0.3, -0.25) is 0 Å². The Morgan fingerprint density at radius 3 is 2.70 bits per heavy atom. The fraction of sp³-hybridized carbons (Fsp3) is 0.200. The molecule has 0 unspecified atom stereocenters. The Morgan fingerprint density at radius 2 is 1.90 bits per heavy atom. The monoisotopic (exact) mass is 305 g/mol. The minimum Gasteiger partial charge on any atom is -0.352 e. The second-order valence-corrected chi connectivity index (χ2v) is 5.39. The first-order valence-corrected chi connectivity index (χ1v) is 7.22. The quantitative estimate of drug-likeness (QED) is 0.698. The SMILES string of the molecule is CCCn1ccc2nc(-c3cccc(Cl)c3Cl)nc-2c1. The average molecular weight is 306 g/mol. The molecule has 2 heterocycles. The molecule has 0 N–H and O–H groups in total. The second kappa shape index (κ2) is 5.43. The van der Waals surface area contributed by atoms with E-state index in [-0.39, 0.29) is 0 Å². The van der Waals surface area contributed by atoms with Gasteiger partial charge in [-0.15, -0.1) is 0 Å². The predicted octanol–water partition coefficient (Wildman–Crippen LogP) is 4.77. The molecule has 0 amide bonds. The molecule has 0 aliphatic carbocycles. The summed E-state index contributed by atoms with van der Waals surface area (Å²) in [7, 11) is 0. The number of imidazole rings is 1. The molecule has 2 aliphatic rings. The number of fused-ring (bicyclic) bond motifs is 1. The Bertz CT molecular complexity index is 721. The highest BCUT2D eigenvalue weighted by molar-refractivity contribution is 6.43. The number of benzene rings is 1. The second-order valence-electron chi connectivity index (χ2n) is 4.60. The first kappa shape index (κ1) is 13.4. The smallest absolute Gasteiger partial charge is 0.162 e. The maximum Gasteiger partial charge on any atom is 0.162 e. The third kappa shape index (κ3) is 2.39. The summed E-state index contributed by atoms with van der Waals surface area (Å²) in [5.41, 5.74) is 2.49. The lowest BCUT2D eigenvalue weighted by atomic mass is 10.2. The van der Waals surface area contributed by atoms with E-state index in [9.17, 15) is 0 Å². The molecule has 102 valence electrons. The molecule has 5 heteroatoms. The summed E-state index contributed by atoms with van der Waals surface area (Å²) in [4.78, 5) is 9.07. The van der Waals surface area contributed by atoms with E-state index in [0.717, 1.165) is 29.9 Å². The Balaban J connectivity index is 2.09. The summed E-state index contributed by atoms with van der Waals surface area (Å²) in [6, 6.07) is 7.45. The number of rotatable bonds is 3. The molecular weight excluding hydrogens is 293 g/mol. The highest BCUT2D eigenvalue weighted by Crippen LogP contribution is 2.33. The van der Waals surface area contributed by atoms with Crippen LogP contribution in [0.25, 0.3) is 22.8 Å². The van der Waals surface area contributed by atoms with Gasteiger partial charge in [0, 0.05) is 24.5 Å². The zero-order chi connectivity index (χ0) is 14.1. The van der Waals surface area contributed by atoms with Crippen molar-refractivity contribution < 1.29 is 0 Å². The maximum atomic E-state index is 6.22. The minimum absolute atomic E-state index is 0.492. The van der Waals surface area contributed by atoms with Crippen LogP contribution < -0.4 is 0 Å². The van der Waals surface area contributed by atoms with Gasteiger partial charge < -0.3 is 4.57 Å². The van der Waals surface area contributed by atoms with Gasteiger partial charge in [0.2, 0.25) is 0 Å². The van der Waals surface area contributed by atoms with Crippen LogP contribution >= 0.6 is 23.2 Å². The lowest BCUT2D eigenvalue weighted by molar-refractivity contribution is 0.674. The van der Waals surface area contributed by atoms with Crippen LogP contribution in [0.15, 0.2) is 36.7 Å². The van der Waals surface area contributed by atoms with E-state index in [1.165, 1.54) is 0 Å².